The van der Waals surface area contributed by atoms with Crippen molar-refractivity contribution in [3.63, 3.8) is 0 Å². The van der Waals surface area contributed by atoms with Gasteiger partial charge >= 0.3 is 5.97 Å². The van der Waals surface area contributed by atoms with E-state index in [0.29, 0.717) is 61.2 Å². The maximum atomic E-state index is 15.4. The van der Waals surface area contributed by atoms with Crippen molar-refractivity contribution in [1.29, 1.82) is 0 Å². The zero-order valence-electron chi connectivity index (χ0n) is 63.1. The third kappa shape index (κ3) is 29.8. The Morgan fingerprint density at radius 1 is 0.482 bits per heavy atom. The van der Waals surface area contributed by atoms with E-state index in [1.807, 2.05) is 0 Å². The second-order valence-corrected chi connectivity index (χ2v) is 29.7. The minimum absolute atomic E-state index is 0.0859. The van der Waals surface area contributed by atoms with Gasteiger partial charge in [-0.1, -0.05) is 131 Å². The molecule has 2 heterocycles. The number of hydrogen-bond acceptors (Lipinski definition) is 23. The second kappa shape index (κ2) is 46.8. The maximum absolute atomic E-state index is 15.4. The molecule has 39 heteroatoms. The molecule has 0 unspecified atom stereocenters. The van der Waals surface area contributed by atoms with E-state index in [9.17, 15) is 78.0 Å². The van der Waals surface area contributed by atoms with E-state index in [1.165, 1.54) is 6.92 Å². The van der Waals surface area contributed by atoms with E-state index >= 15 is 14.4 Å². The number of nitrogens with two attached hydrogens (primary N) is 4. The zero-order valence-corrected chi connectivity index (χ0v) is 64.7. The summed E-state index contributed by atoms with van der Waals surface area (Å²) in [5, 5.41) is 73.9. The molecule has 0 radical (unpaired) electrons. The lowest BCUT2D eigenvalue weighted by molar-refractivity contribution is -0.140. The number of para-hydroxylation sites is 1. The number of carboxylic acids is 1. The molecule has 1 aromatic heterocycles. The summed E-state index contributed by atoms with van der Waals surface area (Å²) in [4.78, 5) is 217. The van der Waals surface area contributed by atoms with Gasteiger partial charge in [0, 0.05) is 48.5 Å². The molecule has 5 aromatic rings. The summed E-state index contributed by atoms with van der Waals surface area (Å²) in [6, 6.07) is 11.0. The smallest absolute Gasteiger partial charge is 0.337 e. The average Bonchev–Trinajstić information content (AvgIpc) is 1.68. The lowest BCUT2D eigenvalue weighted by Crippen LogP contribution is -2.63. The molecule has 1 aliphatic rings. The van der Waals surface area contributed by atoms with Crippen molar-refractivity contribution in [2.75, 3.05) is 32.0 Å². The van der Waals surface area contributed by atoms with Crippen LogP contribution in [0.3, 0.4) is 0 Å². The molecular formula is C75H102N18O19S2. The summed E-state index contributed by atoms with van der Waals surface area (Å²) in [5.41, 5.74) is 25.6. The van der Waals surface area contributed by atoms with Crippen LogP contribution in [0.15, 0.2) is 121 Å². The molecule has 14 amide bonds. The molecule has 6 rings (SSSR count). The van der Waals surface area contributed by atoms with Gasteiger partial charge in [0.25, 0.3) is 0 Å². The van der Waals surface area contributed by atoms with Crippen LogP contribution in [0.5, 0.6) is 0 Å². The Morgan fingerprint density at radius 2 is 0.868 bits per heavy atom. The van der Waals surface area contributed by atoms with Gasteiger partial charge in [0.15, 0.2) is 5.37 Å². The number of carbonyl (C=O) groups excluding carboxylic acids is 14. The van der Waals surface area contributed by atoms with E-state index in [4.69, 9.17) is 22.9 Å². The number of fused-ring (bicyclic) bond motifs is 1. The lowest BCUT2D eigenvalue weighted by Gasteiger charge is -2.29. The number of aromatic amines is 1. The molecule has 0 spiro atoms. The summed E-state index contributed by atoms with van der Waals surface area (Å²) in [6.07, 6.45) is -3.62. The number of unbranched alkanes of at least 4 members (excludes halogenated alkanes) is 2. The highest BCUT2D eigenvalue weighted by Crippen LogP contribution is 2.27. The van der Waals surface area contributed by atoms with Crippen LogP contribution >= 0.6 is 21.6 Å². The van der Waals surface area contributed by atoms with Crippen molar-refractivity contribution < 1.29 is 92.3 Å². The SMILES string of the molecule is C[C@H](N)C(=O)NCC(=O)N[C@H]1CSS[C@H](C(=O)O)NC(=O)[C@H](CO)NC(=O)[C@H]([C@@H](C)O)NC(=O)[C@H](Cc2ccccc2)NC(=O)[C@H]([C@@H](C)O)NC(=O)[C@H](CCCCN)NC(=O)[C@H](Cc2c[nH]c3ccccc23)NC(=O)[C@H](Cc2ccccc2)NC(=O)[C@H](Cc2ccccc2)NC(=O)[C@H](CC(N)=O)NC(=O)[C@H](CCCCN)NC1=O. The van der Waals surface area contributed by atoms with Crippen molar-refractivity contribution in [2.45, 2.75) is 181 Å². The van der Waals surface area contributed by atoms with Gasteiger partial charge in [-0.05, 0) is 101 Å². The average molecular weight is 1620 g/mol. The topological polar surface area (TPSA) is 613 Å². The largest absolute Gasteiger partial charge is 0.479 e. The number of aliphatic hydroxyl groups excluding tert-OH is 3. The van der Waals surface area contributed by atoms with Crippen LogP contribution in [0.2, 0.25) is 0 Å². The van der Waals surface area contributed by atoms with Gasteiger partial charge in [-0.15, -0.1) is 0 Å². The van der Waals surface area contributed by atoms with E-state index in [0.717, 1.165) is 13.8 Å². The maximum Gasteiger partial charge on any atom is 0.337 e. The molecule has 1 saturated heterocycles. The van der Waals surface area contributed by atoms with Crippen molar-refractivity contribution >= 4 is 121 Å². The number of benzene rings is 4. The standard InChI is InChI=1S/C75H102N18O19S2/c1-40(78)62(99)81-37-59(98)82-57-39-113-114-74(75(111)112)93-70(107)56(38-94)90-73(110)61(42(3)96)92-69(106)53(33-45-23-11-6-12-24-45)89-72(109)60(41(2)95)91-64(101)50(28-16-18-30-77)83-67(104)54(34-46-36-80-48-26-14-13-25-47(46)48)87-66(103)52(32-44-21-9-5-10-22-44)85-65(102)51(31-43-19-7-4-8-20-43)86-68(105)55(35-58(79)97)88-63(100)49(84-71(57)108)27-15-17-29-76/h4-14,19-26,36,40-42,49-57,60-61,74,80,94-96H,15-18,27-35,37-39,76-78H2,1-3H3,(H2,79,97)(H,81,99)(H,82,98)(H,83,104)(H,84,108)(H,85,102)(H,86,105)(H,87,103)(H,88,100)(H,89,109)(H,90,110)(H,91,101)(H,92,106)(H,93,107)(H,111,112)/t40-,41+,42+,49-,50-,51-,52-,53-,54-,55-,56-,57-,60-,61-,74+/m0/s1. The Balaban J connectivity index is 1.48. The fraction of sp³-hybridized carbons (Fsp3) is 0.453. The summed E-state index contributed by atoms with van der Waals surface area (Å²) >= 11 is 0. The minimum Gasteiger partial charge on any atom is -0.479 e. The second-order valence-electron chi connectivity index (χ2n) is 27.2. The molecule has 1 fully saturated rings. The molecule has 0 saturated carbocycles. The quantitative estimate of drug-likeness (QED) is 0.0182. The highest BCUT2D eigenvalue weighted by atomic mass is 33.1. The van der Waals surface area contributed by atoms with Crippen LogP contribution in [0, 0.1) is 0 Å². The number of carbonyl (C=O) groups is 15. The van der Waals surface area contributed by atoms with E-state index < -0.39 is 204 Å². The monoisotopic (exact) mass is 1620 g/mol. The lowest BCUT2D eigenvalue weighted by atomic mass is 10.00. The van der Waals surface area contributed by atoms with Crippen LogP contribution < -0.4 is 92.1 Å². The number of aliphatic carboxylic acids is 1. The predicted molar refractivity (Wildman–Crippen MR) is 420 cm³/mol. The van der Waals surface area contributed by atoms with Crippen LogP contribution in [-0.2, 0) is 97.6 Å². The molecule has 1 aliphatic heterocycles. The van der Waals surface area contributed by atoms with Crippen LogP contribution in [0.1, 0.15) is 88.0 Å². The summed E-state index contributed by atoms with van der Waals surface area (Å²) in [7, 11) is 0.918. The Hall–Kier alpha value is -11.1. The number of carboxylic acid groups (broad SMARTS) is 1. The van der Waals surface area contributed by atoms with Crippen LogP contribution in [0.25, 0.3) is 10.9 Å². The number of aliphatic hydroxyl groups is 3. The normalized spacial score (nSPS) is 23.7. The first-order valence-corrected chi connectivity index (χ1v) is 39.3. The van der Waals surface area contributed by atoms with Gasteiger partial charge in [-0.25, -0.2) is 4.79 Å². The minimum atomic E-state index is -2.03. The van der Waals surface area contributed by atoms with Crippen LogP contribution in [0.4, 0.5) is 0 Å². The number of hydrogen-bond donors (Lipinski definition) is 22. The summed E-state index contributed by atoms with van der Waals surface area (Å²) < 4.78 is 0. The van der Waals surface area contributed by atoms with Gasteiger partial charge in [0.2, 0.25) is 82.7 Å². The Morgan fingerprint density at radius 3 is 1.32 bits per heavy atom. The third-order valence-electron chi connectivity index (χ3n) is 18.0. The zero-order chi connectivity index (χ0) is 83.6. The first-order chi connectivity index (χ1) is 54.4. The number of H-pyrrole nitrogens is 1. The highest BCUT2D eigenvalue weighted by Gasteiger charge is 2.40. The molecule has 0 aliphatic carbocycles. The summed E-state index contributed by atoms with van der Waals surface area (Å²) in [6.45, 7) is 1.74. The predicted octanol–water partition coefficient (Wildman–Crippen LogP) is -4.96. The van der Waals surface area contributed by atoms with E-state index in [1.54, 1.807) is 121 Å². The van der Waals surface area contributed by atoms with Gasteiger partial charge < -0.3 is 117 Å². The Kier molecular flexibility index (Phi) is 37.7. The van der Waals surface area contributed by atoms with Crippen molar-refractivity contribution in [2.24, 2.45) is 22.9 Å². The molecule has 4 aromatic carbocycles. The van der Waals surface area contributed by atoms with Gasteiger partial charge in [0.1, 0.15) is 66.5 Å². The molecule has 114 heavy (non-hydrogen) atoms. The number of primary amides is 1. The fourth-order valence-corrected chi connectivity index (χ4v) is 14.1. The van der Waals surface area contributed by atoms with Crippen molar-refractivity contribution in [3.8, 4) is 0 Å². The van der Waals surface area contributed by atoms with Crippen molar-refractivity contribution in [3.05, 3.63) is 144 Å². The Bertz CT molecular complexity index is 4110. The van der Waals surface area contributed by atoms with Gasteiger partial charge in [0.05, 0.1) is 37.8 Å². The molecule has 15 atom stereocenters. The number of rotatable bonds is 26. The summed E-state index contributed by atoms with van der Waals surface area (Å²) in [5.74, 6) is -17.8. The number of aromatic nitrogens is 1. The Labute approximate surface area is 664 Å². The third-order valence-corrected chi connectivity index (χ3v) is 20.5. The molecule has 618 valence electrons. The first kappa shape index (κ1) is 91.8. The van der Waals surface area contributed by atoms with Crippen molar-refractivity contribution in [1.82, 2.24) is 74.1 Å². The highest BCUT2D eigenvalue weighted by molar-refractivity contribution is 8.77. The van der Waals surface area contributed by atoms with E-state index in [-0.39, 0.29) is 70.9 Å². The number of nitrogens with one attached hydrogen (secondary N) is 14. The molecular weight excluding hydrogens is 1520 g/mol. The van der Waals surface area contributed by atoms with Crippen LogP contribution in [-0.4, -0.2) is 236 Å². The molecule has 26 N–H and O–H groups in total. The van der Waals surface area contributed by atoms with Gasteiger partial charge in [-0.3, -0.25) is 67.1 Å². The fourth-order valence-electron chi connectivity index (χ4n) is 11.8. The number of amides is 14. The van der Waals surface area contributed by atoms with E-state index in [2.05, 4.69) is 74.1 Å². The van der Waals surface area contributed by atoms with Gasteiger partial charge in [-0.2, -0.15) is 0 Å². The molecule has 0 bridgehead atoms. The first-order valence-electron chi connectivity index (χ1n) is 36.9. The molecule has 37 nitrogen and oxygen atoms in total.